The van der Waals surface area contributed by atoms with Crippen molar-refractivity contribution in [3.8, 4) is 0 Å². The normalized spacial score (nSPS) is 22.1. The minimum absolute atomic E-state index is 0.0327. The third-order valence-corrected chi connectivity index (χ3v) is 5.08. The lowest BCUT2D eigenvalue weighted by Gasteiger charge is -2.07. The van der Waals surface area contributed by atoms with E-state index in [0.717, 1.165) is 12.8 Å². The van der Waals surface area contributed by atoms with E-state index < -0.39 is 0 Å². The second-order valence-electron chi connectivity index (χ2n) is 4.55. The van der Waals surface area contributed by atoms with E-state index in [4.69, 9.17) is 0 Å². The van der Waals surface area contributed by atoms with E-state index in [1.165, 1.54) is 29.7 Å². The van der Waals surface area contributed by atoms with Crippen molar-refractivity contribution >= 4 is 17.1 Å². The van der Waals surface area contributed by atoms with E-state index in [1.807, 2.05) is 11.3 Å². The highest BCUT2D eigenvalue weighted by atomic mass is 32.1. The third kappa shape index (κ3) is 1.04. The van der Waals surface area contributed by atoms with Crippen LogP contribution >= 0.6 is 11.3 Å². The monoisotopic (exact) mass is 206 g/mol. The van der Waals surface area contributed by atoms with Gasteiger partial charge in [-0.05, 0) is 50.7 Å². The van der Waals surface area contributed by atoms with Gasteiger partial charge in [0.1, 0.15) is 5.78 Å². The summed E-state index contributed by atoms with van der Waals surface area (Å²) in [7, 11) is 0. The predicted molar refractivity (Wildman–Crippen MR) is 57.9 cm³/mol. The van der Waals surface area contributed by atoms with Gasteiger partial charge in [-0.3, -0.25) is 4.79 Å². The van der Waals surface area contributed by atoms with Crippen molar-refractivity contribution in [3.05, 3.63) is 21.4 Å². The van der Waals surface area contributed by atoms with E-state index in [-0.39, 0.29) is 5.41 Å². The zero-order valence-electron chi connectivity index (χ0n) is 8.43. The van der Waals surface area contributed by atoms with E-state index in [0.29, 0.717) is 5.78 Å². The Bertz CT molecular complexity index is 377. The highest BCUT2D eigenvalue weighted by Crippen LogP contribution is 2.52. The van der Waals surface area contributed by atoms with Gasteiger partial charge in [0.2, 0.25) is 0 Å². The van der Waals surface area contributed by atoms with Crippen molar-refractivity contribution < 1.29 is 4.79 Å². The molecule has 1 aromatic rings. The van der Waals surface area contributed by atoms with Crippen LogP contribution in [0, 0.1) is 0 Å². The first-order chi connectivity index (χ1) is 6.72. The first kappa shape index (κ1) is 8.66. The van der Waals surface area contributed by atoms with Crippen molar-refractivity contribution in [3.63, 3.8) is 0 Å². The van der Waals surface area contributed by atoms with Crippen LogP contribution in [0.5, 0.6) is 0 Å². The van der Waals surface area contributed by atoms with E-state index in [2.05, 4.69) is 6.07 Å². The fraction of sp³-hybridized carbons (Fsp3) is 0.583. The number of thiophene rings is 1. The van der Waals surface area contributed by atoms with Gasteiger partial charge in [0.05, 0.1) is 5.41 Å². The van der Waals surface area contributed by atoms with Gasteiger partial charge in [-0.25, -0.2) is 0 Å². The number of rotatable bonds is 2. The highest BCUT2D eigenvalue weighted by Gasteiger charge is 2.50. The van der Waals surface area contributed by atoms with Gasteiger partial charge in [0.25, 0.3) is 0 Å². The Labute approximate surface area is 88.1 Å². The minimum atomic E-state index is -0.0327. The van der Waals surface area contributed by atoms with Crippen LogP contribution in [0.15, 0.2) is 6.07 Å². The molecule has 0 N–H and O–H groups in total. The molecule has 0 bridgehead atoms. The number of ketones is 1. The number of hydrogen-bond acceptors (Lipinski definition) is 2. The van der Waals surface area contributed by atoms with Crippen molar-refractivity contribution in [2.45, 2.75) is 44.4 Å². The fourth-order valence-electron chi connectivity index (χ4n) is 2.46. The predicted octanol–water partition coefficient (Wildman–Crippen LogP) is 2.86. The second-order valence-corrected chi connectivity index (χ2v) is 5.69. The van der Waals surface area contributed by atoms with Crippen molar-refractivity contribution in [1.82, 2.24) is 0 Å². The number of hydrogen-bond donors (Lipinski definition) is 0. The Kier molecular flexibility index (Phi) is 1.67. The van der Waals surface area contributed by atoms with Gasteiger partial charge in [0, 0.05) is 9.75 Å². The molecule has 2 aliphatic carbocycles. The number of aryl methyl sites for hydroxylation is 2. The topological polar surface area (TPSA) is 17.1 Å². The Morgan fingerprint density at radius 1 is 1.43 bits per heavy atom. The average Bonchev–Trinajstić information content (AvgIpc) is 2.67. The first-order valence-electron chi connectivity index (χ1n) is 5.35. The zero-order chi connectivity index (χ0) is 9.76. The Hall–Kier alpha value is -0.630. The highest BCUT2D eigenvalue weighted by molar-refractivity contribution is 7.12. The summed E-state index contributed by atoms with van der Waals surface area (Å²) in [6.45, 7) is 1.75. The molecular formula is C12H14OS. The molecule has 1 nitrogen and oxygen atoms in total. The lowest BCUT2D eigenvalue weighted by atomic mass is 9.99. The summed E-state index contributed by atoms with van der Waals surface area (Å²) in [6, 6.07) is 2.31. The van der Waals surface area contributed by atoms with Crippen LogP contribution in [0.3, 0.4) is 0 Å². The standard InChI is InChI=1S/C12H14OS/c1-8(13)12(5-6-12)11-7-9-3-2-4-10(9)14-11/h7H,2-6H2,1H3. The summed E-state index contributed by atoms with van der Waals surface area (Å²) in [6.07, 6.45) is 5.96. The molecule has 0 radical (unpaired) electrons. The molecule has 1 aromatic heterocycles. The number of fused-ring (bicyclic) bond motifs is 1. The zero-order valence-corrected chi connectivity index (χ0v) is 9.25. The quantitative estimate of drug-likeness (QED) is 0.727. The third-order valence-electron chi connectivity index (χ3n) is 3.64. The molecule has 74 valence electrons. The van der Waals surface area contributed by atoms with Gasteiger partial charge in [-0.15, -0.1) is 11.3 Å². The Balaban J connectivity index is 2.01. The largest absolute Gasteiger partial charge is 0.299 e. The van der Waals surface area contributed by atoms with Gasteiger partial charge < -0.3 is 0 Å². The molecule has 3 rings (SSSR count). The van der Waals surface area contributed by atoms with Crippen LogP contribution in [0.4, 0.5) is 0 Å². The van der Waals surface area contributed by atoms with Crippen LogP contribution in [-0.2, 0) is 23.1 Å². The maximum Gasteiger partial charge on any atom is 0.141 e. The summed E-state index contributed by atoms with van der Waals surface area (Å²) in [5.74, 6) is 0.373. The van der Waals surface area contributed by atoms with E-state index in [9.17, 15) is 4.79 Å². The Morgan fingerprint density at radius 2 is 2.21 bits per heavy atom. The lowest BCUT2D eigenvalue weighted by molar-refractivity contribution is -0.119. The molecule has 1 heterocycles. The van der Waals surface area contributed by atoms with Crippen molar-refractivity contribution in [1.29, 1.82) is 0 Å². The van der Waals surface area contributed by atoms with Gasteiger partial charge in [-0.2, -0.15) is 0 Å². The smallest absolute Gasteiger partial charge is 0.141 e. The molecular weight excluding hydrogens is 192 g/mol. The van der Waals surface area contributed by atoms with Crippen LogP contribution in [0.1, 0.15) is 41.5 Å². The van der Waals surface area contributed by atoms with Gasteiger partial charge >= 0.3 is 0 Å². The number of Topliss-reactive ketones (excluding diaryl/α,β-unsaturated/α-hetero) is 1. The summed E-state index contributed by atoms with van der Waals surface area (Å²) in [4.78, 5) is 14.5. The molecule has 1 fully saturated rings. The summed E-state index contributed by atoms with van der Waals surface area (Å²) in [5, 5.41) is 0. The first-order valence-corrected chi connectivity index (χ1v) is 6.17. The van der Waals surface area contributed by atoms with Gasteiger partial charge in [0.15, 0.2) is 0 Å². The lowest BCUT2D eigenvalue weighted by Crippen LogP contribution is -2.15. The summed E-state index contributed by atoms with van der Waals surface area (Å²) >= 11 is 1.90. The van der Waals surface area contributed by atoms with Crippen LogP contribution in [0.25, 0.3) is 0 Å². The Morgan fingerprint density at radius 3 is 2.79 bits per heavy atom. The second kappa shape index (κ2) is 2.69. The SMILES string of the molecule is CC(=O)C1(c2cc3c(s2)CCC3)CC1. The molecule has 1 saturated carbocycles. The van der Waals surface area contributed by atoms with Gasteiger partial charge in [-0.1, -0.05) is 0 Å². The van der Waals surface area contributed by atoms with E-state index >= 15 is 0 Å². The average molecular weight is 206 g/mol. The molecule has 2 aliphatic rings. The van der Waals surface area contributed by atoms with Crippen molar-refractivity contribution in [2.75, 3.05) is 0 Å². The van der Waals surface area contributed by atoms with Crippen LogP contribution in [-0.4, -0.2) is 5.78 Å². The molecule has 0 atom stereocenters. The number of carbonyl (C=O) groups excluding carboxylic acids is 1. The molecule has 0 aliphatic heterocycles. The maximum atomic E-state index is 11.6. The van der Waals surface area contributed by atoms with Crippen LogP contribution < -0.4 is 0 Å². The van der Waals surface area contributed by atoms with E-state index in [1.54, 1.807) is 11.8 Å². The minimum Gasteiger partial charge on any atom is -0.299 e. The molecule has 14 heavy (non-hydrogen) atoms. The molecule has 2 heteroatoms. The molecule has 0 amide bonds. The maximum absolute atomic E-state index is 11.6. The summed E-state index contributed by atoms with van der Waals surface area (Å²) in [5.41, 5.74) is 1.49. The molecule has 0 unspecified atom stereocenters. The van der Waals surface area contributed by atoms with Crippen molar-refractivity contribution in [2.24, 2.45) is 0 Å². The van der Waals surface area contributed by atoms with Crippen LogP contribution in [0.2, 0.25) is 0 Å². The fourth-order valence-corrected chi connectivity index (χ4v) is 4.01. The molecule has 0 saturated heterocycles. The molecule has 0 aromatic carbocycles. The summed E-state index contributed by atoms with van der Waals surface area (Å²) < 4.78 is 0. The molecule has 0 spiro atoms. The number of carbonyl (C=O) groups is 1.